The molecule has 2 N–H and O–H groups in total. The summed E-state index contributed by atoms with van der Waals surface area (Å²) in [6.07, 6.45) is 0. The van der Waals surface area contributed by atoms with E-state index in [4.69, 9.17) is 26.6 Å². The molecule has 0 bridgehead atoms. The molecule has 0 radical (unpaired) electrons. The maximum atomic E-state index is 11.1. The highest BCUT2D eigenvalue weighted by Crippen LogP contribution is 2.20. The van der Waals surface area contributed by atoms with Crippen LogP contribution in [0.1, 0.15) is 10.4 Å². The van der Waals surface area contributed by atoms with Gasteiger partial charge in [-0.05, 0) is 12.1 Å². The van der Waals surface area contributed by atoms with Gasteiger partial charge >= 0.3 is 5.97 Å². The molecular formula is C11H15ClN2O4. The van der Waals surface area contributed by atoms with Gasteiger partial charge in [-0.25, -0.2) is 9.78 Å². The van der Waals surface area contributed by atoms with Crippen LogP contribution in [0.25, 0.3) is 0 Å². The number of anilines is 1. The summed E-state index contributed by atoms with van der Waals surface area (Å²) in [5.74, 6) is -0.851. The van der Waals surface area contributed by atoms with Crippen LogP contribution in [-0.4, -0.2) is 54.6 Å². The minimum Gasteiger partial charge on any atom is -0.478 e. The van der Waals surface area contributed by atoms with Crippen molar-refractivity contribution in [3.8, 4) is 0 Å². The van der Waals surface area contributed by atoms with Gasteiger partial charge in [0.1, 0.15) is 16.5 Å². The molecule has 0 aromatic carbocycles. The highest BCUT2D eigenvalue weighted by Gasteiger charge is 2.17. The van der Waals surface area contributed by atoms with Crippen LogP contribution in [0.2, 0.25) is 5.15 Å². The Morgan fingerprint density at radius 1 is 1.50 bits per heavy atom. The number of carboxylic acids is 1. The number of hydrogen-bond acceptors (Lipinski definition) is 5. The molecule has 0 atom stereocenters. The fraction of sp³-hybridized carbons (Fsp3) is 0.455. The highest BCUT2D eigenvalue weighted by molar-refractivity contribution is 6.29. The standard InChI is InChI=1S/C11H15ClN2O4/c1-18-7-5-14(4-6-15)10-8(11(16)17)2-3-9(12)13-10/h2-3,15H,4-7H2,1H3,(H,16,17). The maximum Gasteiger partial charge on any atom is 0.339 e. The van der Waals surface area contributed by atoms with Crippen LogP contribution in [-0.2, 0) is 4.74 Å². The predicted octanol–water partition coefficient (Wildman–Crippen LogP) is 0.878. The van der Waals surface area contributed by atoms with Crippen molar-refractivity contribution in [2.45, 2.75) is 0 Å². The zero-order chi connectivity index (χ0) is 13.5. The van der Waals surface area contributed by atoms with Crippen molar-refractivity contribution in [3.63, 3.8) is 0 Å². The molecule has 0 unspecified atom stereocenters. The number of aliphatic hydroxyl groups excluding tert-OH is 1. The molecule has 1 heterocycles. The van der Waals surface area contributed by atoms with Gasteiger partial charge in [0.15, 0.2) is 0 Å². The Morgan fingerprint density at radius 3 is 2.78 bits per heavy atom. The molecule has 0 amide bonds. The third-order valence-corrected chi connectivity index (χ3v) is 2.52. The minimum absolute atomic E-state index is 0.0453. The van der Waals surface area contributed by atoms with Gasteiger partial charge in [0.05, 0.1) is 13.2 Å². The second-order valence-corrected chi connectivity index (χ2v) is 3.90. The van der Waals surface area contributed by atoms with E-state index in [2.05, 4.69) is 4.98 Å². The highest BCUT2D eigenvalue weighted by atomic mass is 35.5. The first-order valence-electron chi connectivity index (χ1n) is 5.34. The van der Waals surface area contributed by atoms with E-state index < -0.39 is 5.97 Å². The Kier molecular flexibility index (Phi) is 5.84. The summed E-state index contributed by atoms with van der Waals surface area (Å²) in [7, 11) is 1.54. The molecule has 0 aliphatic heterocycles. The SMILES string of the molecule is COCCN(CCO)c1nc(Cl)ccc1C(=O)O. The summed E-state index contributed by atoms with van der Waals surface area (Å²) in [4.78, 5) is 16.7. The number of rotatable bonds is 7. The van der Waals surface area contributed by atoms with Gasteiger partial charge < -0.3 is 19.8 Å². The Morgan fingerprint density at radius 2 is 2.22 bits per heavy atom. The fourth-order valence-electron chi connectivity index (χ4n) is 1.48. The summed E-state index contributed by atoms with van der Waals surface area (Å²) < 4.78 is 4.94. The van der Waals surface area contributed by atoms with Gasteiger partial charge in [0, 0.05) is 20.2 Å². The van der Waals surface area contributed by atoms with Crippen molar-refractivity contribution < 1.29 is 19.7 Å². The van der Waals surface area contributed by atoms with Crippen LogP contribution in [0, 0.1) is 0 Å². The van der Waals surface area contributed by atoms with E-state index in [9.17, 15) is 4.79 Å². The molecular weight excluding hydrogens is 260 g/mol. The van der Waals surface area contributed by atoms with E-state index in [1.807, 2.05) is 0 Å². The molecule has 0 aliphatic carbocycles. The van der Waals surface area contributed by atoms with Crippen molar-refractivity contribution in [2.75, 3.05) is 38.3 Å². The van der Waals surface area contributed by atoms with Crippen molar-refractivity contribution in [3.05, 3.63) is 22.8 Å². The first kappa shape index (κ1) is 14.7. The number of nitrogens with zero attached hydrogens (tertiary/aromatic N) is 2. The number of methoxy groups -OCH3 is 1. The molecule has 0 saturated carbocycles. The first-order valence-corrected chi connectivity index (χ1v) is 5.72. The molecule has 0 aliphatic rings. The van der Waals surface area contributed by atoms with Gasteiger partial charge in [-0.1, -0.05) is 11.6 Å². The van der Waals surface area contributed by atoms with Crippen molar-refractivity contribution >= 4 is 23.4 Å². The van der Waals surface area contributed by atoms with Gasteiger partial charge in [-0.2, -0.15) is 0 Å². The lowest BCUT2D eigenvalue weighted by atomic mass is 10.2. The molecule has 100 valence electrons. The van der Waals surface area contributed by atoms with Gasteiger partial charge in [-0.3, -0.25) is 0 Å². The lowest BCUT2D eigenvalue weighted by molar-refractivity contribution is 0.0697. The Balaban J connectivity index is 3.07. The number of aliphatic hydroxyl groups is 1. The van der Waals surface area contributed by atoms with Crippen molar-refractivity contribution in [1.29, 1.82) is 0 Å². The first-order chi connectivity index (χ1) is 8.60. The quantitative estimate of drug-likeness (QED) is 0.718. The lowest BCUT2D eigenvalue weighted by Gasteiger charge is -2.23. The minimum atomic E-state index is -1.09. The summed E-state index contributed by atoms with van der Waals surface area (Å²) >= 11 is 5.78. The molecule has 0 spiro atoms. The smallest absolute Gasteiger partial charge is 0.339 e. The zero-order valence-corrected chi connectivity index (χ0v) is 10.7. The largest absolute Gasteiger partial charge is 0.478 e. The summed E-state index contributed by atoms with van der Waals surface area (Å²) in [5, 5.41) is 18.3. The summed E-state index contributed by atoms with van der Waals surface area (Å²) in [5.41, 5.74) is 0.0453. The normalized spacial score (nSPS) is 10.4. The van der Waals surface area contributed by atoms with E-state index in [0.717, 1.165) is 0 Å². The maximum absolute atomic E-state index is 11.1. The van der Waals surface area contributed by atoms with Crippen LogP contribution in [0.15, 0.2) is 12.1 Å². The van der Waals surface area contributed by atoms with Crippen LogP contribution in [0.4, 0.5) is 5.82 Å². The number of pyridine rings is 1. The van der Waals surface area contributed by atoms with E-state index in [1.54, 1.807) is 12.0 Å². The predicted molar refractivity (Wildman–Crippen MR) is 67.4 cm³/mol. The zero-order valence-electron chi connectivity index (χ0n) is 9.97. The molecule has 0 saturated heterocycles. The molecule has 1 aromatic rings. The second kappa shape index (κ2) is 7.15. The lowest BCUT2D eigenvalue weighted by Crippen LogP contribution is -2.32. The number of hydrogen-bond donors (Lipinski definition) is 2. The number of halogens is 1. The number of carbonyl (C=O) groups is 1. The monoisotopic (exact) mass is 274 g/mol. The van der Waals surface area contributed by atoms with Crippen LogP contribution >= 0.6 is 11.6 Å². The van der Waals surface area contributed by atoms with Crippen LogP contribution in [0.5, 0.6) is 0 Å². The number of aromatic carboxylic acids is 1. The summed E-state index contributed by atoms with van der Waals surface area (Å²) in [6, 6.07) is 2.81. The molecule has 1 aromatic heterocycles. The molecule has 6 nitrogen and oxygen atoms in total. The van der Waals surface area contributed by atoms with Gasteiger partial charge in [0.25, 0.3) is 0 Å². The Labute approximate surface area is 110 Å². The third kappa shape index (κ3) is 3.83. The van der Waals surface area contributed by atoms with E-state index in [-0.39, 0.29) is 29.7 Å². The van der Waals surface area contributed by atoms with Gasteiger partial charge in [-0.15, -0.1) is 0 Å². The van der Waals surface area contributed by atoms with E-state index in [1.165, 1.54) is 12.1 Å². The van der Waals surface area contributed by atoms with E-state index in [0.29, 0.717) is 13.2 Å². The third-order valence-electron chi connectivity index (χ3n) is 2.31. The van der Waals surface area contributed by atoms with Crippen LogP contribution in [0.3, 0.4) is 0 Å². The average molecular weight is 275 g/mol. The fourth-order valence-corrected chi connectivity index (χ4v) is 1.62. The number of ether oxygens (including phenoxy) is 1. The van der Waals surface area contributed by atoms with Gasteiger partial charge in [0.2, 0.25) is 0 Å². The Bertz CT molecular complexity index is 414. The average Bonchev–Trinajstić information content (AvgIpc) is 2.34. The molecule has 7 heteroatoms. The van der Waals surface area contributed by atoms with E-state index >= 15 is 0 Å². The number of aromatic nitrogens is 1. The summed E-state index contributed by atoms with van der Waals surface area (Å²) in [6.45, 7) is 0.964. The molecule has 18 heavy (non-hydrogen) atoms. The van der Waals surface area contributed by atoms with Crippen molar-refractivity contribution in [2.24, 2.45) is 0 Å². The molecule has 1 rings (SSSR count). The van der Waals surface area contributed by atoms with Crippen LogP contribution < -0.4 is 4.90 Å². The number of carboxylic acid groups (broad SMARTS) is 1. The Hall–Kier alpha value is -1.37. The van der Waals surface area contributed by atoms with Crippen molar-refractivity contribution in [1.82, 2.24) is 4.98 Å². The topological polar surface area (TPSA) is 82.9 Å². The molecule has 0 fully saturated rings. The second-order valence-electron chi connectivity index (χ2n) is 3.51.